The number of anilines is 1. The zero-order valence-corrected chi connectivity index (χ0v) is 23.3. The fraction of sp³-hybridized carbons (Fsp3) is 0.323. The van der Waals surface area contributed by atoms with E-state index in [1.165, 1.54) is 33.8 Å². The van der Waals surface area contributed by atoms with Crippen LogP contribution in [0, 0.1) is 0 Å². The van der Waals surface area contributed by atoms with Crippen molar-refractivity contribution in [1.29, 1.82) is 0 Å². The lowest BCUT2D eigenvalue weighted by atomic mass is 9.95. The number of hydrogen-bond donors (Lipinski definition) is 1. The highest BCUT2D eigenvalue weighted by atomic mass is 32.1. The molecular formula is C31H33N3O4S. The maximum absolute atomic E-state index is 14.2. The number of methoxy groups -OCH3 is 2. The highest BCUT2D eigenvalue weighted by Gasteiger charge is 2.36. The van der Waals surface area contributed by atoms with Crippen molar-refractivity contribution in [3.8, 4) is 22.2 Å². The minimum absolute atomic E-state index is 0.180. The number of fused-ring (bicyclic) bond motifs is 5. The van der Waals surface area contributed by atoms with E-state index < -0.39 is 0 Å². The normalized spacial score (nSPS) is 16.0. The first-order chi connectivity index (χ1) is 19.1. The van der Waals surface area contributed by atoms with Gasteiger partial charge in [0.25, 0.3) is 0 Å². The molecule has 0 radical (unpaired) electrons. The van der Waals surface area contributed by atoms with Gasteiger partial charge in [0.15, 0.2) is 0 Å². The van der Waals surface area contributed by atoms with Crippen molar-refractivity contribution in [2.75, 3.05) is 26.1 Å². The molecule has 4 aromatic rings. The molecule has 0 saturated heterocycles. The Kier molecular flexibility index (Phi) is 6.95. The molecule has 6 rings (SSSR count). The van der Waals surface area contributed by atoms with Gasteiger partial charge in [0, 0.05) is 40.5 Å². The number of nitrogens with zero attached hydrogens (tertiary/aromatic N) is 2. The van der Waals surface area contributed by atoms with Crippen LogP contribution in [-0.2, 0) is 19.4 Å². The van der Waals surface area contributed by atoms with Crippen LogP contribution in [0.3, 0.4) is 0 Å². The standard InChI is InChI=1S/C31H33N3O4S/c1-4-38-22-13-11-20(12-14-22)29-27-9-7-15-33(27)30-26(25-8-5-6-10-28(25)39-30)19-34(29)31(35)32-21-16-23(36-2)18-24(17-21)37-3/h7,9,11-18,29H,4-6,8,10,19H2,1-3H3,(H,32,35). The predicted octanol–water partition coefficient (Wildman–Crippen LogP) is 6.97. The maximum atomic E-state index is 14.2. The largest absolute Gasteiger partial charge is 0.497 e. The second-order valence-corrected chi connectivity index (χ2v) is 10.9. The van der Waals surface area contributed by atoms with Gasteiger partial charge in [0.2, 0.25) is 0 Å². The topological polar surface area (TPSA) is 65.0 Å². The molecule has 3 heterocycles. The molecule has 1 atom stereocenters. The summed E-state index contributed by atoms with van der Waals surface area (Å²) in [6.07, 6.45) is 6.72. The number of carbonyl (C=O) groups excluding carboxylic acids is 1. The lowest BCUT2D eigenvalue weighted by Crippen LogP contribution is -2.38. The lowest BCUT2D eigenvalue weighted by molar-refractivity contribution is 0.194. The molecule has 0 bridgehead atoms. The zero-order valence-electron chi connectivity index (χ0n) is 22.5. The smallest absolute Gasteiger partial charge is 0.322 e. The average Bonchev–Trinajstić information content (AvgIpc) is 3.55. The summed E-state index contributed by atoms with van der Waals surface area (Å²) in [7, 11) is 3.21. The molecule has 2 aromatic heterocycles. The van der Waals surface area contributed by atoms with E-state index in [0.29, 0.717) is 30.3 Å². The summed E-state index contributed by atoms with van der Waals surface area (Å²) >= 11 is 1.88. The number of aryl methyl sites for hydroxylation is 1. The SMILES string of the molecule is CCOc1ccc(C2c3cccn3-c3sc4c(c3CN2C(=O)Nc2cc(OC)cc(OC)c2)CCCC4)cc1. The van der Waals surface area contributed by atoms with Crippen molar-refractivity contribution in [2.24, 2.45) is 0 Å². The van der Waals surface area contributed by atoms with E-state index in [1.54, 1.807) is 20.3 Å². The third kappa shape index (κ3) is 4.74. The van der Waals surface area contributed by atoms with E-state index in [9.17, 15) is 4.79 Å². The summed E-state index contributed by atoms with van der Waals surface area (Å²) in [5.74, 6) is 2.05. The van der Waals surface area contributed by atoms with Gasteiger partial charge in [-0.3, -0.25) is 0 Å². The van der Waals surface area contributed by atoms with Crippen LogP contribution < -0.4 is 19.5 Å². The summed E-state index contributed by atoms with van der Waals surface area (Å²) < 4.78 is 18.9. The average molecular weight is 544 g/mol. The second-order valence-electron chi connectivity index (χ2n) is 9.86. The summed E-state index contributed by atoms with van der Waals surface area (Å²) in [5.41, 5.74) is 5.40. The molecule has 7 nitrogen and oxygen atoms in total. The number of rotatable bonds is 6. The Morgan fingerprint density at radius 3 is 2.44 bits per heavy atom. The van der Waals surface area contributed by atoms with Gasteiger partial charge in [-0.1, -0.05) is 12.1 Å². The van der Waals surface area contributed by atoms with Gasteiger partial charge in [-0.25, -0.2) is 4.79 Å². The van der Waals surface area contributed by atoms with Crippen molar-refractivity contribution in [1.82, 2.24) is 9.47 Å². The van der Waals surface area contributed by atoms with Crippen LogP contribution in [0.15, 0.2) is 60.8 Å². The fourth-order valence-electron chi connectivity index (χ4n) is 5.73. The van der Waals surface area contributed by atoms with Crippen molar-refractivity contribution in [3.63, 3.8) is 0 Å². The van der Waals surface area contributed by atoms with Crippen molar-refractivity contribution in [2.45, 2.75) is 45.2 Å². The number of hydrogen-bond acceptors (Lipinski definition) is 5. The predicted molar refractivity (Wildman–Crippen MR) is 154 cm³/mol. The molecule has 8 heteroatoms. The molecule has 202 valence electrons. The van der Waals surface area contributed by atoms with Crippen LogP contribution in [-0.4, -0.2) is 36.3 Å². The molecule has 2 aromatic carbocycles. The van der Waals surface area contributed by atoms with Crippen molar-refractivity contribution < 1.29 is 19.0 Å². The van der Waals surface area contributed by atoms with Crippen LogP contribution in [0.2, 0.25) is 0 Å². The van der Waals surface area contributed by atoms with Crippen LogP contribution in [0.1, 0.15) is 53.1 Å². The Morgan fingerprint density at radius 2 is 1.72 bits per heavy atom. The van der Waals surface area contributed by atoms with E-state index in [0.717, 1.165) is 29.8 Å². The summed E-state index contributed by atoms with van der Waals surface area (Å²) in [6.45, 7) is 3.11. The fourth-order valence-corrected chi connectivity index (χ4v) is 7.13. The summed E-state index contributed by atoms with van der Waals surface area (Å²) in [4.78, 5) is 17.6. The number of benzene rings is 2. The van der Waals surface area contributed by atoms with Crippen LogP contribution in [0.25, 0.3) is 5.00 Å². The van der Waals surface area contributed by atoms with Crippen LogP contribution >= 0.6 is 11.3 Å². The Morgan fingerprint density at radius 1 is 0.974 bits per heavy atom. The van der Waals surface area contributed by atoms with Crippen LogP contribution in [0.4, 0.5) is 10.5 Å². The zero-order chi connectivity index (χ0) is 26.9. The Hall–Kier alpha value is -3.91. The molecule has 2 amide bonds. The number of thiophene rings is 1. The van der Waals surface area contributed by atoms with Gasteiger partial charge < -0.3 is 29.0 Å². The number of urea groups is 1. The first-order valence-electron chi connectivity index (χ1n) is 13.4. The van der Waals surface area contributed by atoms with Gasteiger partial charge in [-0.15, -0.1) is 11.3 Å². The van der Waals surface area contributed by atoms with Gasteiger partial charge >= 0.3 is 6.03 Å². The molecular weight excluding hydrogens is 510 g/mol. The van der Waals surface area contributed by atoms with Gasteiger partial charge in [0.05, 0.1) is 39.1 Å². The summed E-state index contributed by atoms with van der Waals surface area (Å²) in [5, 5.41) is 4.38. The number of carbonyl (C=O) groups is 1. The molecule has 0 saturated carbocycles. The van der Waals surface area contributed by atoms with Gasteiger partial charge in [-0.2, -0.15) is 0 Å². The van der Waals surface area contributed by atoms with Crippen LogP contribution in [0.5, 0.6) is 17.2 Å². The molecule has 2 aliphatic rings. The van der Waals surface area contributed by atoms with Gasteiger partial charge in [-0.05, 0) is 68.0 Å². The monoisotopic (exact) mass is 543 g/mol. The molecule has 1 N–H and O–H groups in total. The maximum Gasteiger partial charge on any atom is 0.322 e. The van der Waals surface area contributed by atoms with Gasteiger partial charge in [0.1, 0.15) is 22.2 Å². The third-order valence-corrected chi connectivity index (χ3v) is 8.88. The van der Waals surface area contributed by atoms with E-state index in [-0.39, 0.29) is 12.1 Å². The lowest BCUT2D eigenvalue weighted by Gasteiger charge is -2.31. The Balaban J connectivity index is 1.45. The Labute approximate surface area is 232 Å². The molecule has 0 fully saturated rings. The Bertz CT molecular complexity index is 1470. The van der Waals surface area contributed by atoms with Crippen molar-refractivity contribution in [3.05, 3.63) is 88.1 Å². The third-order valence-electron chi connectivity index (χ3n) is 7.55. The summed E-state index contributed by atoms with van der Waals surface area (Å²) in [6, 6.07) is 17.2. The number of amides is 2. The first-order valence-corrected chi connectivity index (χ1v) is 14.3. The second kappa shape index (κ2) is 10.7. The van der Waals surface area contributed by atoms with E-state index in [4.69, 9.17) is 14.2 Å². The minimum Gasteiger partial charge on any atom is -0.497 e. The number of ether oxygens (including phenoxy) is 3. The first kappa shape index (κ1) is 25.4. The van der Waals surface area contributed by atoms with Crippen molar-refractivity contribution >= 4 is 23.1 Å². The molecule has 1 unspecified atom stereocenters. The highest BCUT2D eigenvalue weighted by molar-refractivity contribution is 7.15. The van der Waals surface area contributed by atoms with E-state index in [2.05, 4.69) is 40.3 Å². The molecule has 1 aliphatic carbocycles. The number of nitrogens with one attached hydrogen (secondary N) is 1. The molecule has 39 heavy (non-hydrogen) atoms. The van der Waals surface area contributed by atoms with E-state index >= 15 is 0 Å². The molecule has 1 aliphatic heterocycles. The quantitative estimate of drug-likeness (QED) is 0.285. The number of aromatic nitrogens is 1. The minimum atomic E-state index is -0.290. The van der Waals surface area contributed by atoms with E-state index in [1.807, 2.05) is 47.4 Å². The highest BCUT2D eigenvalue weighted by Crippen LogP contribution is 2.44. The molecule has 0 spiro atoms.